The maximum atomic E-state index is 14.0. The van der Waals surface area contributed by atoms with Gasteiger partial charge in [-0.15, -0.1) is 0 Å². The predicted octanol–water partition coefficient (Wildman–Crippen LogP) is 3.97. The molecular formula is C21H26ClFN2O3S2. The van der Waals surface area contributed by atoms with Crippen molar-refractivity contribution in [3.8, 4) is 0 Å². The molecule has 2 aromatic carbocycles. The van der Waals surface area contributed by atoms with Crippen LogP contribution in [0.2, 0.25) is 5.02 Å². The molecule has 0 aliphatic carbocycles. The summed E-state index contributed by atoms with van der Waals surface area (Å²) in [5.74, 6) is -0.759. The van der Waals surface area contributed by atoms with Gasteiger partial charge in [0, 0.05) is 17.0 Å². The molecule has 2 rings (SSSR count). The minimum Gasteiger partial charge on any atom is -0.354 e. The highest BCUT2D eigenvalue weighted by atomic mass is 35.5. The highest BCUT2D eigenvalue weighted by molar-refractivity contribution is 7.98. The zero-order valence-corrected chi connectivity index (χ0v) is 19.5. The lowest BCUT2D eigenvalue weighted by molar-refractivity contribution is -0.123. The second-order valence-corrected chi connectivity index (χ2v) is 10.6. The van der Waals surface area contributed by atoms with Gasteiger partial charge in [0.05, 0.1) is 0 Å². The van der Waals surface area contributed by atoms with Gasteiger partial charge < -0.3 is 5.32 Å². The summed E-state index contributed by atoms with van der Waals surface area (Å²) in [4.78, 5) is 12.3. The van der Waals surface area contributed by atoms with E-state index in [9.17, 15) is 17.6 Å². The minimum absolute atomic E-state index is 0.276. The molecule has 0 aromatic heterocycles. The lowest BCUT2D eigenvalue weighted by Gasteiger charge is -2.27. The largest absolute Gasteiger partial charge is 0.354 e. The average molecular weight is 473 g/mol. The van der Waals surface area contributed by atoms with Crippen LogP contribution < -0.4 is 10.0 Å². The summed E-state index contributed by atoms with van der Waals surface area (Å²) in [7, 11) is -4.19. The minimum atomic E-state index is -4.19. The molecule has 0 bridgehead atoms. The van der Waals surface area contributed by atoms with Crippen LogP contribution in [-0.2, 0) is 20.2 Å². The Kier molecular flexibility index (Phi) is 8.73. The molecule has 1 atom stereocenters. The molecule has 5 nitrogen and oxygen atoms in total. The summed E-state index contributed by atoms with van der Waals surface area (Å²) in [6, 6.07) is 11.4. The van der Waals surface area contributed by atoms with Crippen LogP contribution in [0.25, 0.3) is 0 Å². The number of sulfonamides is 1. The topological polar surface area (TPSA) is 75.3 Å². The van der Waals surface area contributed by atoms with Crippen LogP contribution in [0.15, 0.2) is 53.4 Å². The van der Waals surface area contributed by atoms with E-state index in [2.05, 4.69) is 10.0 Å². The van der Waals surface area contributed by atoms with Crippen molar-refractivity contribution in [2.75, 3.05) is 18.6 Å². The number of hydrogen-bond donors (Lipinski definition) is 2. The van der Waals surface area contributed by atoms with Crippen LogP contribution in [0, 0.1) is 5.82 Å². The third kappa shape index (κ3) is 6.70. The lowest BCUT2D eigenvalue weighted by atomic mass is 9.84. The smallest absolute Gasteiger partial charge is 0.244 e. The van der Waals surface area contributed by atoms with Gasteiger partial charge in [0.15, 0.2) is 0 Å². The van der Waals surface area contributed by atoms with Crippen LogP contribution >= 0.6 is 23.4 Å². The number of nitrogens with one attached hydrogen (secondary N) is 2. The van der Waals surface area contributed by atoms with Crippen molar-refractivity contribution in [2.24, 2.45) is 0 Å². The van der Waals surface area contributed by atoms with Gasteiger partial charge in [-0.1, -0.05) is 49.7 Å². The molecule has 2 aromatic rings. The van der Waals surface area contributed by atoms with Crippen LogP contribution in [-0.4, -0.2) is 38.9 Å². The third-order valence-electron chi connectivity index (χ3n) is 4.66. The average Bonchev–Trinajstić information content (AvgIpc) is 2.69. The van der Waals surface area contributed by atoms with Gasteiger partial charge in [0.1, 0.15) is 16.8 Å². The number of hydrogen-bond acceptors (Lipinski definition) is 4. The maximum absolute atomic E-state index is 14.0. The van der Waals surface area contributed by atoms with E-state index in [1.807, 2.05) is 38.3 Å². The van der Waals surface area contributed by atoms with E-state index in [0.717, 1.165) is 11.6 Å². The Balaban J connectivity index is 2.14. The van der Waals surface area contributed by atoms with E-state index in [4.69, 9.17) is 11.6 Å². The van der Waals surface area contributed by atoms with Gasteiger partial charge >= 0.3 is 0 Å². The quantitative estimate of drug-likeness (QED) is 0.548. The molecule has 0 radical (unpaired) electrons. The summed E-state index contributed by atoms with van der Waals surface area (Å²) in [6.07, 6.45) is 2.14. The first kappa shape index (κ1) is 24.7. The highest BCUT2D eigenvalue weighted by Crippen LogP contribution is 2.25. The van der Waals surface area contributed by atoms with Gasteiger partial charge in [0.25, 0.3) is 0 Å². The Morgan fingerprint density at radius 1 is 1.20 bits per heavy atom. The van der Waals surface area contributed by atoms with Gasteiger partial charge in [0.2, 0.25) is 15.9 Å². The van der Waals surface area contributed by atoms with E-state index in [1.54, 1.807) is 6.07 Å². The van der Waals surface area contributed by atoms with Crippen LogP contribution in [0.1, 0.15) is 25.8 Å². The van der Waals surface area contributed by atoms with Crippen molar-refractivity contribution in [1.29, 1.82) is 0 Å². The zero-order valence-electron chi connectivity index (χ0n) is 17.1. The zero-order chi connectivity index (χ0) is 22.4. The summed E-state index contributed by atoms with van der Waals surface area (Å²) in [6.45, 7) is 4.20. The first-order valence-corrected chi connectivity index (χ1v) is 12.6. The van der Waals surface area contributed by atoms with Gasteiger partial charge in [-0.05, 0) is 48.3 Å². The number of rotatable bonds is 10. The Morgan fingerprint density at radius 3 is 2.53 bits per heavy atom. The van der Waals surface area contributed by atoms with E-state index in [1.165, 1.54) is 30.0 Å². The van der Waals surface area contributed by atoms with Gasteiger partial charge in [-0.2, -0.15) is 16.5 Å². The number of thioether (sulfide) groups is 1. The normalized spacial score (nSPS) is 13.1. The van der Waals surface area contributed by atoms with Crippen molar-refractivity contribution in [2.45, 2.75) is 36.6 Å². The van der Waals surface area contributed by atoms with Crippen LogP contribution in [0.4, 0.5) is 4.39 Å². The highest BCUT2D eigenvalue weighted by Gasteiger charge is 2.29. The molecule has 0 spiro atoms. The number of halogens is 2. The Labute approximate surface area is 186 Å². The SMILES string of the molecule is CSCCC(NS(=O)(=O)c1ccccc1F)C(=O)NCC(C)(C)c1cccc(Cl)c1. The second-order valence-electron chi connectivity index (χ2n) is 7.50. The molecule has 2 N–H and O–H groups in total. The third-order valence-corrected chi connectivity index (χ3v) is 7.05. The van der Waals surface area contributed by atoms with E-state index in [-0.39, 0.29) is 13.0 Å². The monoisotopic (exact) mass is 472 g/mol. The molecule has 1 unspecified atom stereocenters. The van der Waals surface area contributed by atoms with Crippen molar-refractivity contribution in [3.63, 3.8) is 0 Å². The molecular weight excluding hydrogens is 447 g/mol. The first-order chi connectivity index (χ1) is 14.1. The number of amides is 1. The van der Waals surface area contributed by atoms with Crippen LogP contribution in [0.3, 0.4) is 0 Å². The lowest BCUT2D eigenvalue weighted by Crippen LogP contribution is -2.49. The van der Waals surface area contributed by atoms with Gasteiger partial charge in [-0.25, -0.2) is 12.8 Å². The standard InChI is InChI=1S/C21H26ClFN2O3S2/c1-21(2,15-7-6-8-16(22)13-15)14-24-20(26)18(11-12-29-3)25-30(27,28)19-10-5-4-9-17(19)23/h4-10,13,18,25H,11-12,14H2,1-3H3,(H,24,26). The molecule has 9 heteroatoms. The number of benzene rings is 2. The van der Waals surface area contributed by atoms with Crippen molar-refractivity contribution in [1.82, 2.24) is 10.0 Å². The first-order valence-electron chi connectivity index (χ1n) is 9.36. The van der Waals surface area contributed by atoms with E-state index < -0.39 is 38.1 Å². The number of carbonyl (C=O) groups is 1. The van der Waals surface area contributed by atoms with Crippen molar-refractivity contribution >= 4 is 39.3 Å². The molecule has 0 fully saturated rings. The predicted molar refractivity (Wildman–Crippen MR) is 121 cm³/mol. The molecule has 30 heavy (non-hydrogen) atoms. The molecule has 0 aliphatic rings. The molecule has 0 heterocycles. The van der Waals surface area contributed by atoms with Crippen LogP contribution in [0.5, 0.6) is 0 Å². The Bertz CT molecular complexity index is 984. The molecule has 1 amide bonds. The fourth-order valence-electron chi connectivity index (χ4n) is 2.84. The summed E-state index contributed by atoms with van der Waals surface area (Å²) in [5.41, 5.74) is 0.526. The molecule has 164 valence electrons. The van der Waals surface area contributed by atoms with E-state index in [0.29, 0.717) is 10.8 Å². The second kappa shape index (κ2) is 10.6. The summed E-state index contributed by atoms with van der Waals surface area (Å²) in [5, 5.41) is 3.43. The maximum Gasteiger partial charge on any atom is 0.244 e. The molecule has 0 saturated heterocycles. The summed E-state index contributed by atoms with van der Waals surface area (Å²) < 4.78 is 41.6. The fourth-order valence-corrected chi connectivity index (χ4v) is 4.81. The number of carbonyl (C=O) groups excluding carboxylic acids is 1. The molecule has 0 aliphatic heterocycles. The van der Waals surface area contributed by atoms with Crippen molar-refractivity contribution < 1.29 is 17.6 Å². The van der Waals surface area contributed by atoms with Crippen molar-refractivity contribution in [3.05, 3.63) is 64.9 Å². The van der Waals surface area contributed by atoms with Gasteiger partial charge in [-0.3, -0.25) is 4.79 Å². The van der Waals surface area contributed by atoms with E-state index >= 15 is 0 Å². The summed E-state index contributed by atoms with van der Waals surface area (Å²) >= 11 is 7.56. The fraction of sp³-hybridized carbons (Fsp3) is 0.381. The Morgan fingerprint density at radius 2 is 1.90 bits per heavy atom. The Hall–Kier alpha value is -1.61. The molecule has 0 saturated carbocycles.